The van der Waals surface area contributed by atoms with Gasteiger partial charge in [-0.05, 0) is 6.42 Å². The lowest BCUT2D eigenvalue weighted by molar-refractivity contribution is -0.129. The molecule has 2 rings (SSSR count). The minimum Gasteiger partial charge on any atom is -0.346 e. The van der Waals surface area contributed by atoms with Crippen molar-refractivity contribution in [2.24, 2.45) is 13.0 Å². The molecule has 84 valence electrons. The Labute approximate surface area is 88.7 Å². The Hall–Kier alpha value is -1.52. The number of rotatable bonds is 0. The van der Waals surface area contributed by atoms with E-state index < -0.39 is 0 Å². The predicted octanol–water partition coefficient (Wildman–Crippen LogP) is 0.198. The number of aromatic amines is 1. The number of carbonyl (C=O) groups excluding carboxylic acids is 1. The molecule has 2 heterocycles. The third-order valence-corrected chi connectivity index (χ3v) is 2.52. The zero-order valence-corrected chi connectivity index (χ0v) is 9.36. The molecule has 0 spiro atoms. The molecule has 1 aromatic rings. The number of H-pyrrole nitrogens is 1. The van der Waals surface area contributed by atoms with Crippen molar-refractivity contribution in [1.29, 1.82) is 0 Å². The molecule has 1 saturated heterocycles. The zero-order valence-electron chi connectivity index (χ0n) is 9.36. The van der Waals surface area contributed by atoms with Crippen molar-refractivity contribution in [2.45, 2.75) is 13.3 Å². The minimum absolute atomic E-state index is 0.0694. The lowest BCUT2D eigenvalue weighted by atomic mass is 10.1. The maximum Gasteiger partial charge on any atom is 0.325 e. The molecule has 1 N–H and O–H groups in total. The summed E-state index contributed by atoms with van der Waals surface area (Å²) in [6.07, 6.45) is 4.31. The average molecular weight is 211 g/mol. The quantitative estimate of drug-likeness (QED) is 0.666. The van der Waals surface area contributed by atoms with Crippen LogP contribution in [-0.2, 0) is 11.8 Å². The van der Waals surface area contributed by atoms with Crippen molar-refractivity contribution < 1.29 is 4.79 Å². The molecule has 1 atom stereocenters. The fraction of sp³-hybridized carbons (Fsp3) is 0.600. The smallest absolute Gasteiger partial charge is 0.325 e. The summed E-state index contributed by atoms with van der Waals surface area (Å²) >= 11 is 0. The number of likely N-dealkylation sites (tertiary alicyclic amines) is 1. The molecule has 0 saturated carbocycles. The molecule has 1 aliphatic heterocycles. The summed E-state index contributed by atoms with van der Waals surface area (Å²) in [5.74, 6) is 0.574. The van der Waals surface area contributed by atoms with Gasteiger partial charge in [0.05, 0.1) is 0 Å². The number of hydrogen-bond acceptors (Lipinski definition) is 2. The maximum absolute atomic E-state index is 10.8. The van der Waals surface area contributed by atoms with E-state index in [9.17, 15) is 9.59 Å². The normalized spacial score (nSPS) is 20.1. The number of nitrogens with zero attached hydrogens (tertiary/aromatic N) is 2. The Morgan fingerprint density at radius 3 is 2.20 bits per heavy atom. The van der Waals surface area contributed by atoms with Gasteiger partial charge in [-0.1, -0.05) is 6.92 Å². The Balaban J connectivity index is 0.000000151. The van der Waals surface area contributed by atoms with Crippen molar-refractivity contribution in [3.05, 3.63) is 22.9 Å². The monoisotopic (exact) mass is 211 g/mol. The molecule has 0 bridgehead atoms. The number of aromatic nitrogens is 2. The van der Waals surface area contributed by atoms with E-state index >= 15 is 0 Å². The van der Waals surface area contributed by atoms with Crippen LogP contribution in [0.5, 0.6) is 0 Å². The first-order chi connectivity index (χ1) is 7.02. The molecule has 1 unspecified atom stereocenters. The van der Waals surface area contributed by atoms with E-state index in [0.29, 0.717) is 5.91 Å². The van der Waals surface area contributed by atoms with Crippen LogP contribution in [0.4, 0.5) is 0 Å². The van der Waals surface area contributed by atoms with Crippen molar-refractivity contribution in [2.75, 3.05) is 13.6 Å². The van der Waals surface area contributed by atoms with Crippen molar-refractivity contribution in [3.8, 4) is 0 Å². The van der Waals surface area contributed by atoms with E-state index in [1.165, 1.54) is 4.57 Å². The van der Waals surface area contributed by atoms with E-state index in [1.54, 1.807) is 24.3 Å². The Morgan fingerprint density at radius 1 is 1.40 bits per heavy atom. The minimum atomic E-state index is -0.0694. The molecule has 1 amide bonds. The first-order valence-corrected chi connectivity index (χ1v) is 4.97. The highest BCUT2D eigenvalue weighted by atomic mass is 16.2. The van der Waals surface area contributed by atoms with Gasteiger partial charge in [-0.2, -0.15) is 0 Å². The number of hydrogen-bond donors (Lipinski definition) is 1. The summed E-state index contributed by atoms with van der Waals surface area (Å²) in [5.41, 5.74) is -0.0694. The number of imidazole rings is 1. The lowest BCUT2D eigenvalue weighted by Gasteiger charge is -2.05. The molecule has 1 aliphatic rings. The Kier molecular flexibility index (Phi) is 3.71. The van der Waals surface area contributed by atoms with Crippen LogP contribution in [0.3, 0.4) is 0 Å². The second-order valence-electron chi connectivity index (χ2n) is 3.83. The van der Waals surface area contributed by atoms with Gasteiger partial charge in [-0.25, -0.2) is 4.79 Å². The van der Waals surface area contributed by atoms with Crippen LogP contribution in [0.1, 0.15) is 13.3 Å². The van der Waals surface area contributed by atoms with Crippen LogP contribution in [0.2, 0.25) is 0 Å². The first-order valence-electron chi connectivity index (χ1n) is 4.97. The molecule has 0 aromatic carbocycles. The summed E-state index contributed by atoms with van der Waals surface area (Å²) in [6, 6.07) is 0. The van der Waals surface area contributed by atoms with Gasteiger partial charge < -0.3 is 14.5 Å². The van der Waals surface area contributed by atoms with Crippen LogP contribution in [0, 0.1) is 5.92 Å². The summed E-state index contributed by atoms with van der Waals surface area (Å²) in [4.78, 5) is 25.4. The van der Waals surface area contributed by atoms with Gasteiger partial charge in [-0.3, -0.25) is 4.79 Å². The number of aryl methyl sites for hydroxylation is 1. The first kappa shape index (κ1) is 11.6. The number of amides is 1. The van der Waals surface area contributed by atoms with Crippen molar-refractivity contribution in [3.63, 3.8) is 0 Å². The lowest BCUT2D eigenvalue weighted by Crippen LogP contribution is -2.21. The van der Waals surface area contributed by atoms with Gasteiger partial charge in [0.2, 0.25) is 5.91 Å². The largest absolute Gasteiger partial charge is 0.346 e. The van der Waals surface area contributed by atoms with E-state index in [2.05, 4.69) is 4.98 Å². The van der Waals surface area contributed by atoms with E-state index in [1.807, 2.05) is 14.0 Å². The summed E-state index contributed by atoms with van der Waals surface area (Å²) in [6.45, 7) is 2.92. The molecule has 0 aliphatic carbocycles. The van der Waals surface area contributed by atoms with Crippen LogP contribution in [0.25, 0.3) is 0 Å². The van der Waals surface area contributed by atoms with Crippen LogP contribution < -0.4 is 5.69 Å². The predicted molar refractivity (Wildman–Crippen MR) is 57.5 cm³/mol. The SMILES string of the molecule is CC1CCN(C)C1=O.Cn1cc[nH]c1=O. The second-order valence-corrected chi connectivity index (χ2v) is 3.83. The van der Waals surface area contributed by atoms with E-state index in [4.69, 9.17) is 0 Å². The summed E-state index contributed by atoms with van der Waals surface area (Å²) in [5, 5.41) is 0. The molecule has 5 nitrogen and oxygen atoms in total. The van der Waals surface area contributed by atoms with Crippen LogP contribution >= 0.6 is 0 Å². The molecular weight excluding hydrogens is 194 g/mol. The van der Waals surface area contributed by atoms with Crippen LogP contribution in [0.15, 0.2) is 17.2 Å². The number of carbonyl (C=O) groups is 1. The van der Waals surface area contributed by atoms with Crippen molar-refractivity contribution >= 4 is 5.91 Å². The highest BCUT2D eigenvalue weighted by molar-refractivity contribution is 5.80. The summed E-state index contributed by atoms with van der Waals surface area (Å²) in [7, 11) is 3.55. The molecule has 0 radical (unpaired) electrons. The average Bonchev–Trinajstić information content (AvgIpc) is 2.70. The fourth-order valence-corrected chi connectivity index (χ4v) is 1.39. The highest BCUT2D eigenvalue weighted by Crippen LogP contribution is 2.13. The molecule has 1 fully saturated rings. The molecular formula is C10H17N3O2. The van der Waals surface area contributed by atoms with Gasteiger partial charge in [0.1, 0.15) is 0 Å². The third kappa shape index (κ3) is 2.97. The van der Waals surface area contributed by atoms with Gasteiger partial charge in [0.15, 0.2) is 0 Å². The number of nitrogens with one attached hydrogen (secondary N) is 1. The topological polar surface area (TPSA) is 58.1 Å². The fourth-order valence-electron chi connectivity index (χ4n) is 1.39. The third-order valence-electron chi connectivity index (χ3n) is 2.52. The maximum atomic E-state index is 10.8. The molecule has 15 heavy (non-hydrogen) atoms. The standard InChI is InChI=1S/C6H11NO.C4H6N2O/c1-5-3-4-7(2)6(5)8;1-6-3-2-5-4(6)7/h5H,3-4H2,1-2H3;2-3H,1H3,(H,5,7). The Bertz CT molecular complexity index is 368. The van der Waals surface area contributed by atoms with Gasteiger partial charge in [0.25, 0.3) is 0 Å². The summed E-state index contributed by atoms with van der Waals surface area (Å²) < 4.78 is 1.47. The van der Waals surface area contributed by atoms with E-state index in [-0.39, 0.29) is 11.6 Å². The Morgan fingerprint density at radius 2 is 2.07 bits per heavy atom. The molecule has 5 heteroatoms. The zero-order chi connectivity index (χ0) is 11.4. The van der Waals surface area contributed by atoms with E-state index in [0.717, 1.165) is 13.0 Å². The second kappa shape index (κ2) is 4.82. The van der Waals surface area contributed by atoms with Gasteiger partial charge >= 0.3 is 5.69 Å². The molecule has 1 aromatic heterocycles. The van der Waals surface area contributed by atoms with Gasteiger partial charge in [0, 0.05) is 39.0 Å². The van der Waals surface area contributed by atoms with Crippen molar-refractivity contribution in [1.82, 2.24) is 14.5 Å². The van der Waals surface area contributed by atoms with Crippen LogP contribution in [-0.4, -0.2) is 34.0 Å². The highest BCUT2D eigenvalue weighted by Gasteiger charge is 2.23. The van der Waals surface area contributed by atoms with Gasteiger partial charge in [-0.15, -0.1) is 0 Å².